The van der Waals surface area contributed by atoms with E-state index >= 15 is 0 Å². The molecule has 1 aromatic heterocycles. The van der Waals surface area contributed by atoms with Crippen LogP contribution < -0.4 is 4.74 Å². The van der Waals surface area contributed by atoms with Crippen molar-refractivity contribution < 1.29 is 13.9 Å². The highest BCUT2D eigenvalue weighted by molar-refractivity contribution is 5.95. The van der Waals surface area contributed by atoms with Gasteiger partial charge in [-0.05, 0) is 50.5 Å². The van der Waals surface area contributed by atoms with Gasteiger partial charge in [-0.2, -0.15) is 0 Å². The maximum absolute atomic E-state index is 12.9. The molecule has 1 atom stereocenters. The molecule has 1 aliphatic heterocycles. The second-order valence-corrected chi connectivity index (χ2v) is 5.76. The van der Waals surface area contributed by atoms with Gasteiger partial charge in [-0.25, -0.2) is 0 Å². The van der Waals surface area contributed by atoms with Crippen molar-refractivity contribution in [2.75, 3.05) is 13.7 Å². The lowest BCUT2D eigenvalue weighted by Crippen LogP contribution is -2.30. The summed E-state index contributed by atoms with van der Waals surface area (Å²) in [6.07, 6.45) is 2.00. The van der Waals surface area contributed by atoms with E-state index in [0.29, 0.717) is 11.3 Å². The Morgan fingerprint density at radius 3 is 2.82 bits per heavy atom. The maximum Gasteiger partial charge on any atom is 0.257 e. The van der Waals surface area contributed by atoms with E-state index in [1.807, 2.05) is 43.0 Å². The third kappa shape index (κ3) is 2.61. The lowest BCUT2D eigenvalue weighted by molar-refractivity contribution is 0.0733. The number of methoxy groups -OCH3 is 1. The summed E-state index contributed by atoms with van der Waals surface area (Å²) >= 11 is 0. The molecule has 0 spiro atoms. The van der Waals surface area contributed by atoms with E-state index in [1.54, 1.807) is 7.11 Å². The Bertz CT molecular complexity index is 689. The van der Waals surface area contributed by atoms with Gasteiger partial charge < -0.3 is 14.1 Å². The van der Waals surface area contributed by atoms with E-state index in [1.165, 1.54) is 0 Å². The Balaban J connectivity index is 1.89. The van der Waals surface area contributed by atoms with Crippen LogP contribution >= 0.6 is 0 Å². The number of ether oxygens (including phenoxy) is 1. The van der Waals surface area contributed by atoms with Gasteiger partial charge in [0.25, 0.3) is 5.91 Å². The smallest absolute Gasteiger partial charge is 0.257 e. The number of carbonyl (C=O) groups is 1. The number of likely N-dealkylation sites (tertiary alicyclic amines) is 1. The normalized spacial score (nSPS) is 17.8. The monoisotopic (exact) mass is 299 g/mol. The molecule has 0 aliphatic carbocycles. The number of rotatable bonds is 3. The van der Waals surface area contributed by atoms with Gasteiger partial charge in [0.05, 0.1) is 18.7 Å². The number of aryl methyl sites for hydroxylation is 2. The van der Waals surface area contributed by atoms with Gasteiger partial charge in [-0.3, -0.25) is 4.79 Å². The van der Waals surface area contributed by atoms with Gasteiger partial charge in [-0.1, -0.05) is 12.1 Å². The summed E-state index contributed by atoms with van der Waals surface area (Å²) < 4.78 is 10.8. The highest BCUT2D eigenvalue weighted by Gasteiger charge is 2.32. The molecule has 0 radical (unpaired) electrons. The van der Waals surface area contributed by atoms with Crippen LogP contribution in [0.15, 0.2) is 34.7 Å². The predicted molar refractivity (Wildman–Crippen MR) is 84.2 cm³/mol. The standard InChI is InChI=1S/C18H21NO3/c1-12-10-16(13(2)22-12)18(20)19-9-5-8-17(19)14-6-4-7-15(11-14)21-3/h4,6-7,10-11,17H,5,8-9H2,1-3H3/t17-/m0/s1. The molecular weight excluding hydrogens is 278 g/mol. The van der Waals surface area contributed by atoms with Crippen LogP contribution in [-0.2, 0) is 0 Å². The summed E-state index contributed by atoms with van der Waals surface area (Å²) in [4.78, 5) is 14.8. The summed E-state index contributed by atoms with van der Waals surface area (Å²) in [5.74, 6) is 2.35. The van der Waals surface area contributed by atoms with Crippen LogP contribution in [0.3, 0.4) is 0 Å². The third-order valence-corrected chi connectivity index (χ3v) is 4.26. The van der Waals surface area contributed by atoms with E-state index in [2.05, 4.69) is 6.07 Å². The predicted octanol–water partition coefficient (Wildman–Crippen LogP) is 3.88. The number of hydrogen-bond donors (Lipinski definition) is 0. The molecule has 1 aliphatic rings. The fourth-order valence-electron chi connectivity index (χ4n) is 3.20. The van der Waals surface area contributed by atoms with Crippen molar-refractivity contribution in [3.8, 4) is 5.75 Å². The largest absolute Gasteiger partial charge is 0.497 e. The summed E-state index contributed by atoms with van der Waals surface area (Å²) in [5.41, 5.74) is 1.80. The summed E-state index contributed by atoms with van der Waals surface area (Å²) in [5, 5.41) is 0. The van der Waals surface area contributed by atoms with Gasteiger partial charge >= 0.3 is 0 Å². The van der Waals surface area contributed by atoms with E-state index in [-0.39, 0.29) is 11.9 Å². The molecular formula is C18H21NO3. The van der Waals surface area contributed by atoms with Crippen molar-refractivity contribution >= 4 is 5.91 Å². The quantitative estimate of drug-likeness (QED) is 0.863. The second kappa shape index (κ2) is 5.87. The van der Waals surface area contributed by atoms with Crippen LogP contribution in [0.5, 0.6) is 5.75 Å². The van der Waals surface area contributed by atoms with Gasteiger partial charge in [0.15, 0.2) is 0 Å². The van der Waals surface area contributed by atoms with Gasteiger partial charge in [0.1, 0.15) is 17.3 Å². The fraction of sp³-hybridized carbons (Fsp3) is 0.389. The average Bonchev–Trinajstić information content (AvgIpc) is 3.13. The number of amides is 1. The number of carbonyl (C=O) groups excluding carboxylic acids is 1. The molecule has 1 fully saturated rings. The minimum Gasteiger partial charge on any atom is -0.497 e. The van der Waals surface area contributed by atoms with E-state index in [9.17, 15) is 4.79 Å². The number of benzene rings is 1. The van der Waals surface area contributed by atoms with Crippen molar-refractivity contribution in [1.29, 1.82) is 0 Å². The lowest BCUT2D eigenvalue weighted by Gasteiger charge is -2.25. The van der Waals surface area contributed by atoms with Gasteiger partial charge in [0, 0.05) is 6.54 Å². The summed E-state index contributed by atoms with van der Waals surface area (Å²) in [6.45, 7) is 4.49. The highest BCUT2D eigenvalue weighted by Crippen LogP contribution is 2.35. The van der Waals surface area contributed by atoms with Gasteiger partial charge in [0.2, 0.25) is 0 Å². The summed E-state index contributed by atoms with van der Waals surface area (Å²) in [6, 6.07) is 9.92. The van der Waals surface area contributed by atoms with Crippen molar-refractivity contribution in [2.45, 2.75) is 32.7 Å². The molecule has 0 N–H and O–H groups in total. The number of hydrogen-bond acceptors (Lipinski definition) is 3. The molecule has 22 heavy (non-hydrogen) atoms. The second-order valence-electron chi connectivity index (χ2n) is 5.76. The Kier molecular flexibility index (Phi) is 3.92. The Hall–Kier alpha value is -2.23. The van der Waals surface area contributed by atoms with Crippen LogP contribution in [0.2, 0.25) is 0 Å². The summed E-state index contributed by atoms with van der Waals surface area (Å²) in [7, 11) is 1.66. The van der Waals surface area contributed by atoms with Crippen LogP contribution in [-0.4, -0.2) is 24.5 Å². The van der Waals surface area contributed by atoms with Crippen molar-refractivity contribution in [3.05, 3.63) is 53.0 Å². The molecule has 1 amide bonds. The van der Waals surface area contributed by atoms with Crippen molar-refractivity contribution in [1.82, 2.24) is 4.90 Å². The molecule has 3 rings (SSSR count). The van der Waals surface area contributed by atoms with Gasteiger partial charge in [-0.15, -0.1) is 0 Å². The highest BCUT2D eigenvalue weighted by atomic mass is 16.5. The fourth-order valence-corrected chi connectivity index (χ4v) is 3.20. The molecule has 4 nitrogen and oxygen atoms in total. The minimum absolute atomic E-state index is 0.0552. The molecule has 0 unspecified atom stereocenters. The van der Waals surface area contributed by atoms with Crippen LogP contribution in [0, 0.1) is 13.8 Å². The molecule has 2 aromatic rings. The first-order valence-electron chi connectivity index (χ1n) is 7.62. The first kappa shape index (κ1) is 14.7. The topological polar surface area (TPSA) is 42.7 Å². The Morgan fingerprint density at radius 2 is 2.14 bits per heavy atom. The Labute approximate surface area is 130 Å². The molecule has 2 heterocycles. The van der Waals surface area contributed by atoms with Crippen LogP contribution in [0.25, 0.3) is 0 Å². The molecule has 1 aromatic carbocycles. The molecule has 116 valence electrons. The van der Waals surface area contributed by atoms with E-state index in [0.717, 1.165) is 36.5 Å². The SMILES string of the molecule is COc1cccc([C@@H]2CCCN2C(=O)c2cc(C)oc2C)c1. The number of furan rings is 1. The molecule has 1 saturated heterocycles. The first-order valence-corrected chi connectivity index (χ1v) is 7.62. The molecule has 0 saturated carbocycles. The zero-order valence-electron chi connectivity index (χ0n) is 13.3. The van der Waals surface area contributed by atoms with E-state index < -0.39 is 0 Å². The lowest BCUT2D eigenvalue weighted by atomic mass is 10.0. The van der Waals surface area contributed by atoms with Crippen LogP contribution in [0.1, 0.15) is 46.3 Å². The number of nitrogens with zero attached hydrogens (tertiary/aromatic N) is 1. The van der Waals surface area contributed by atoms with Crippen molar-refractivity contribution in [2.24, 2.45) is 0 Å². The first-order chi connectivity index (χ1) is 10.6. The van der Waals surface area contributed by atoms with Crippen molar-refractivity contribution in [3.63, 3.8) is 0 Å². The Morgan fingerprint density at radius 1 is 1.32 bits per heavy atom. The molecule has 0 bridgehead atoms. The van der Waals surface area contributed by atoms with E-state index in [4.69, 9.17) is 9.15 Å². The molecule has 4 heteroatoms. The zero-order valence-corrected chi connectivity index (χ0v) is 13.3. The van der Waals surface area contributed by atoms with Crippen LogP contribution in [0.4, 0.5) is 0 Å². The third-order valence-electron chi connectivity index (χ3n) is 4.26. The average molecular weight is 299 g/mol. The minimum atomic E-state index is 0.0552. The maximum atomic E-state index is 12.9. The zero-order chi connectivity index (χ0) is 15.7.